The normalized spacial score (nSPS) is 33.7. The number of aliphatic hydroxyl groups excluding tert-OH is 12. The van der Waals surface area contributed by atoms with Crippen molar-refractivity contribution in [1.29, 1.82) is 0 Å². The molecule has 0 bridgehead atoms. The number of aromatic nitrogens is 10. The van der Waals surface area contributed by atoms with E-state index in [1.165, 1.54) is 54.0 Å². The number of halogens is 2. The lowest BCUT2D eigenvalue weighted by Crippen LogP contribution is -2.48. The van der Waals surface area contributed by atoms with Crippen molar-refractivity contribution < 1.29 is 141 Å². The maximum absolute atomic E-state index is 14.0. The number of ether oxygens (including phenoxy) is 13. The number of carbonyl (C=O) groups is 2. The Labute approximate surface area is 654 Å². The summed E-state index contributed by atoms with van der Waals surface area (Å²) in [5.41, 5.74) is 9.99. The van der Waals surface area contributed by atoms with Gasteiger partial charge in [-0.25, -0.2) is 32.8 Å². The highest BCUT2D eigenvalue weighted by Gasteiger charge is 2.62. The van der Waals surface area contributed by atoms with Crippen molar-refractivity contribution in [2.24, 2.45) is 10.2 Å². The van der Waals surface area contributed by atoms with Crippen LogP contribution in [0, 0.1) is 0 Å². The molecule has 0 aromatic carbocycles. The molecule has 1 amide bonds. The van der Waals surface area contributed by atoms with Crippen LogP contribution in [-0.4, -0.2) is 323 Å². The summed E-state index contributed by atoms with van der Waals surface area (Å²) in [6, 6.07) is 2.80. The van der Waals surface area contributed by atoms with Crippen LogP contribution in [0.2, 0.25) is 0 Å². The van der Waals surface area contributed by atoms with Crippen LogP contribution in [0.15, 0.2) is 132 Å². The summed E-state index contributed by atoms with van der Waals surface area (Å²) in [5.74, 6) is -11.4. The molecule has 7 aliphatic rings. The van der Waals surface area contributed by atoms with E-state index in [0.29, 0.717) is 0 Å². The maximum Gasteiger partial charge on any atom is 0.330 e. The van der Waals surface area contributed by atoms with Gasteiger partial charge in [-0.2, -0.15) is 0 Å². The van der Waals surface area contributed by atoms with Gasteiger partial charge in [0.1, 0.15) is 74.6 Å². The molecule has 12 heterocycles. The van der Waals surface area contributed by atoms with E-state index in [1.54, 1.807) is 0 Å². The van der Waals surface area contributed by atoms with E-state index >= 15 is 0 Å². The number of hydrogen-bond donors (Lipinski definition) is 17. The summed E-state index contributed by atoms with van der Waals surface area (Å²) in [6.45, 7) is -4.12. The number of H-pyrrole nitrogens is 5. The highest BCUT2D eigenvalue weighted by atomic mass is 19.1. The molecule has 0 radical (unpaired) electrons. The molecule has 5 aromatic rings. The van der Waals surface area contributed by atoms with E-state index < -0.39 is 241 Å². The minimum Gasteiger partial charge on any atom is -0.391 e. The number of amides is 1. The van der Waals surface area contributed by atoms with Crippen LogP contribution >= 0.6 is 0 Å². The van der Waals surface area contributed by atoms with E-state index in [4.69, 9.17) is 82.9 Å². The third-order valence-corrected chi connectivity index (χ3v) is 19.0. The topological polar surface area (TPSA) is 772 Å². The molecule has 56 heteroatoms. The number of hydrogen-bond acceptors (Lipinski definition) is 39. The lowest BCUT2D eigenvalue weighted by atomic mass is 10.1. The van der Waals surface area contributed by atoms with Crippen molar-refractivity contribution in [2.45, 2.75) is 152 Å². The quantitative estimate of drug-likeness (QED) is 0.0140. The zero-order valence-corrected chi connectivity index (χ0v) is 62.6. The summed E-state index contributed by atoms with van der Waals surface area (Å²) in [5, 5.41) is 122. The number of nitrogens with zero attached hydrogens (tertiary/aromatic N) is 12. The number of aliphatic hydroxyl groups is 12. The third kappa shape index (κ3) is 19.4. The van der Waals surface area contributed by atoms with Gasteiger partial charge in [-0.15, -0.1) is 0 Å². The Balaban J connectivity index is 0.000000196. The molecule has 5 aromatic heterocycles. The van der Waals surface area contributed by atoms with Crippen molar-refractivity contribution in [3.05, 3.63) is 199 Å². The standard InChI is InChI=1S/C12H17NO7.2C10H13FN2O6.2C10H13N5O6.C10H14N2O6/c1-18-9-10(17)12(6-14,19-2)20-11(9)13-4-3-7(15)5-8(13)16;1-18-10(4-14)7(11)6(16)8(19-10)13-3-2-5(15)12-9(13)17;1-18-10(4-14)7(16)6(11)8(19-10)13-3-2-5(15)12-9(13)17;1-20-10(4-16)7(13-14-11)6(18)8(21-10)15-3-2-5(17)12-9(15)19;1-20-10(4-16)7(18)6(13-14-11)8(21-10)15-3-2-5(17)12-9(15)19;1-17-10(5-13)4-6(14)8(18-10)12-3-2-7(15)11-9(12)16/h3-4,9-11,14,17H,5-6H2,1-2H3;2*2-3,6-8,14,16H,4H2,1H3,(H,12,15,17);2*2-3,6-8,16,18H,4H2,1H3,(H,12,17,19);2-3,6,8,13-14H,4-5H2,1H3,(H,11,15,16)/t9-,10+,11-,12-;4*6-,7+,8-,10-;6-,8-,10+/m111111/s1. The molecule has 0 saturated carbocycles. The Morgan fingerprint density at radius 3 is 1.17 bits per heavy atom. The summed E-state index contributed by atoms with van der Waals surface area (Å²) in [6.07, 6.45) is -13.4. The largest absolute Gasteiger partial charge is 0.391 e. The molecular weight excluding hydrogens is 1610 g/mol. The second-order valence-corrected chi connectivity index (χ2v) is 25.5. The Bertz CT molecular complexity index is 4930. The third-order valence-electron chi connectivity index (χ3n) is 19.0. The van der Waals surface area contributed by atoms with Gasteiger partial charge >= 0.3 is 28.4 Å². The fraction of sp³-hybridized carbons (Fsp3) is 0.613. The Morgan fingerprint density at radius 1 is 0.449 bits per heavy atom. The summed E-state index contributed by atoms with van der Waals surface area (Å²) in [4.78, 5) is 152. The molecule has 12 rings (SSSR count). The van der Waals surface area contributed by atoms with Gasteiger partial charge in [-0.1, -0.05) is 10.2 Å². The smallest absolute Gasteiger partial charge is 0.330 e. The van der Waals surface area contributed by atoms with Gasteiger partial charge in [-0.05, 0) is 17.1 Å². The average Bonchev–Trinajstić information content (AvgIpc) is 1.66. The van der Waals surface area contributed by atoms with Gasteiger partial charge in [0.25, 0.3) is 27.8 Å². The van der Waals surface area contributed by atoms with Crippen LogP contribution in [-0.2, 0) is 71.2 Å². The van der Waals surface area contributed by atoms with Crippen LogP contribution in [0.1, 0.15) is 44.0 Å². The summed E-state index contributed by atoms with van der Waals surface area (Å²) in [7, 11) is 8.56. The minimum atomic E-state index is -2.05. The Morgan fingerprint density at radius 2 is 0.814 bits per heavy atom. The van der Waals surface area contributed by atoms with Gasteiger partial charge in [0.2, 0.25) is 34.8 Å². The molecule has 0 unspecified atom stereocenters. The first-order valence-electron chi connectivity index (χ1n) is 34.0. The zero-order chi connectivity index (χ0) is 87.9. The van der Waals surface area contributed by atoms with Crippen molar-refractivity contribution >= 4 is 11.7 Å². The molecule has 652 valence electrons. The highest BCUT2D eigenvalue weighted by Crippen LogP contribution is 2.44. The van der Waals surface area contributed by atoms with Crippen molar-refractivity contribution in [3.8, 4) is 0 Å². The second kappa shape index (κ2) is 40.0. The predicted octanol–water partition coefficient (Wildman–Crippen LogP) is -10.4. The first-order valence-corrected chi connectivity index (χ1v) is 34.0. The SMILES string of the molecule is CO[C@@]1(CO)C[C@@H](O)[C@H](n2ccc(=O)[nH]c2=O)O1.CO[C@H]1[C@H](N2C=CC(=O)CC2=O)O[C@@](CO)(OC)[C@H]1O.CO[C@]1(CO)O[C@@H](n2ccc(=O)[nH]c2=O)[C@H](F)[C@@H]1O.CO[C@]1(CO)O[C@@H](n2ccc(=O)[nH]c2=O)[C@H](N=[N+]=[N-])[C@@H]1O.CO[C@]1(CO)O[C@@H](n2ccc(=O)[nH]c2=O)[C@H](O)[C@@H]1F.CO[C@]1(CO)O[C@@H](n2ccc(=O)[nH]c2=O)[C@H](O)[C@@H]1N=[N+]=[N-]. The number of alkyl halides is 2. The number of nitrogens with one attached hydrogen (secondary N) is 5. The van der Waals surface area contributed by atoms with E-state index in [9.17, 15) is 117 Å². The van der Waals surface area contributed by atoms with Gasteiger partial charge in [-0.3, -0.25) is 86.2 Å². The van der Waals surface area contributed by atoms with Crippen molar-refractivity contribution in [1.82, 2.24) is 52.7 Å². The second-order valence-electron chi connectivity index (χ2n) is 25.5. The molecule has 6 saturated heterocycles. The van der Waals surface area contributed by atoms with E-state index in [2.05, 4.69) is 25.0 Å². The number of azide groups is 2. The summed E-state index contributed by atoms with van der Waals surface area (Å²) >= 11 is 0. The van der Waals surface area contributed by atoms with Crippen LogP contribution in [0.25, 0.3) is 20.9 Å². The summed E-state index contributed by atoms with van der Waals surface area (Å²) < 4.78 is 99.0. The maximum atomic E-state index is 14.0. The van der Waals surface area contributed by atoms with Gasteiger partial charge < -0.3 is 123 Å². The number of carbonyl (C=O) groups excluding carboxylic acids is 2. The van der Waals surface area contributed by atoms with Gasteiger partial charge in [0, 0.05) is 134 Å². The number of rotatable bonds is 21. The molecule has 0 aliphatic carbocycles. The van der Waals surface area contributed by atoms with Crippen molar-refractivity contribution in [2.75, 3.05) is 89.4 Å². The molecular formula is C62H83F2N17O37. The lowest BCUT2D eigenvalue weighted by Gasteiger charge is -2.31. The fourth-order valence-corrected chi connectivity index (χ4v) is 12.5. The first kappa shape index (κ1) is 94.9. The van der Waals surface area contributed by atoms with Crippen LogP contribution in [0.5, 0.6) is 0 Å². The average molecular weight is 1700 g/mol. The Kier molecular flexibility index (Phi) is 32.2. The molecule has 23 atom stereocenters. The number of ketones is 1. The Hall–Kier alpha value is -10.2. The molecule has 6 fully saturated rings. The monoisotopic (exact) mass is 1700 g/mol. The number of allylic oxidation sites excluding steroid dienone is 1. The first-order chi connectivity index (χ1) is 55.9. The number of aromatic amines is 5. The van der Waals surface area contributed by atoms with Gasteiger partial charge in [0.15, 0.2) is 61.3 Å². The van der Waals surface area contributed by atoms with Gasteiger partial charge in [0.05, 0.1) is 26.2 Å². The number of methoxy groups -OCH3 is 7. The lowest BCUT2D eigenvalue weighted by molar-refractivity contribution is -0.271. The fourth-order valence-electron chi connectivity index (χ4n) is 12.5. The minimum absolute atomic E-state index is 0.0240. The highest BCUT2D eigenvalue weighted by molar-refractivity contribution is 6.06. The zero-order valence-electron chi connectivity index (χ0n) is 62.6. The molecule has 0 spiro atoms. The van der Waals surface area contributed by atoms with Crippen LogP contribution < -0.4 is 56.2 Å². The van der Waals surface area contributed by atoms with E-state index in [-0.39, 0.29) is 18.6 Å². The predicted molar refractivity (Wildman–Crippen MR) is 376 cm³/mol. The van der Waals surface area contributed by atoms with Crippen molar-refractivity contribution in [3.63, 3.8) is 0 Å². The molecule has 118 heavy (non-hydrogen) atoms. The van der Waals surface area contributed by atoms with E-state index in [0.717, 1.165) is 97.1 Å². The molecule has 17 N–H and O–H groups in total. The molecule has 54 nitrogen and oxygen atoms in total. The van der Waals surface area contributed by atoms with Crippen LogP contribution in [0.3, 0.4) is 0 Å². The van der Waals surface area contributed by atoms with Crippen LogP contribution in [0.4, 0.5) is 8.78 Å². The van der Waals surface area contributed by atoms with E-state index in [1.807, 2.05) is 19.9 Å². The molecule has 7 aliphatic heterocycles.